The van der Waals surface area contributed by atoms with E-state index < -0.39 is 0 Å². The normalized spacial score (nSPS) is 28.8. The van der Waals surface area contributed by atoms with E-state index in [1.807, 2.05) is 12.1 Å². The molecule has 2 aliphatic heterocycles. The number of benzene rings is 1. The van der Waals surface area contributed by atoms with Crippen LogP contribution in [0.2, 0.25) is 0 Å². The molecule has 0 aromatic heterocycles. The Bertz CT molecular complexity index is 461. The zero-order valence-electron chi connectivity index (χ0n) is 15.5. The predicted octanol–water partition coefficient (Wildman–Crippen LogP) is 3.24. The summed E-state index contributed by atoms with van der Waals surface area (Å²) in [5, 5.41) is 10.2. The van der Waals surface area contributed by atoms with Gasteiger partial charge in [0.25, 0.3) is 0 Å². The van der Waals surface area contributed by atoms with Gasteiger partial charge < -0.3 is 16.0 Å². The molecule has 0 aliphatic carbocycles. The molecule has 0 spiro atoms. The largest absolute Gasteiger partial charge is 0.311 e. The van der Waals surface area contributed by atoms with E-state index in [4.69, 9.17) is 0 Å². The predicted molar refractivity (Wildman–Crippen MR) is 112 cm³/mol. The van der Waals surface area contributed by atoms with E-state index in [-0.39, 0.29) is 20.7 Å². The van der Waals surface area contributed by atoms with Gasteiger partial charge in [-0.3, -0.25) is 4.90 Å². The molecule has 2 fully saturated rings. The number of nitrogens with one attached hydrogen (secondary N) is 3. The molecule has 4 nitrogen and oxygen atoms in total. The minimum atomic E-state index is -0.162. The Hall–Kier alpha value is -1.01. The van der Waals surface area contributed by atoms with Crippen molar-refractivity contribution in [2.45, 2.75) is 73.3 Å². The molecule has 2 saturated heterocycles. The molecule has 2 heterocycles. The Morgan fingerprint density at radius 2 is 1.35 bits per heavy atom. The fourth-order valence-electron chi connectivity index (χ4n) is 3.04. The summed E-state index contributed by atoms with van der Waals surface area (Å²) < 4.78 is 12.8. The van der Waals surface area contributed by atoms with Crippen LogP contribution in [-0.4, -0.2) is 55.2 Å². The molecule has 2 unspecified atom stereocenters. The molecule has 152 valence electrons. The van der Waals surface area contributed by atoms with Gasteiger partial charge in [-0.25, -0.2) is 4.39 Å². The van der Waals surface area contributed by atoms with Crippen molar-refractivity contribution in [1.29, 1.82) is 0 Å². The summed E-state index contributed by atoms with van der Waals surface area (Å²) >= 11 is 0. The third kappa shape index (κ3) is 8.58. The van der Waals surface area contributed by atoms with Gasteiger partial charge in [0.1, 0.15) is 5.82 Å². The van der Waals surface area contributed by atoms with Gasteiger partial charge in [-0.2, -0.15) is 0 Å². The average Bonchev–Trinajstić information content (AvgIpc) is 2.56. The van der Waals surface area contributed by atoms with Crippen LogP contribution in [0.15, 0.2) is 24.3 Å². The SMILES string of the molecule is C.C.CC1CNC(C)CN1.C[C@@H]1CN(Cc2ccc(F)cc2)[C@@H](C)CN1. The first-order valence-corrected chi connectivity index (χ1v) is 9.12. The molecule has 3 N–H and O–H groups in total. The van der Waals surface area contributed by atoms with E-state index in [0.717, 1.165) is 32.7 Å². The Labute approximate surface area is 160 Å². The Balaban J connectivity index is 0.000000536. The van der Waals surface area contributed by atoms with Crippen LogP contribution < -0.4 is 16.0 Å². The molecular weight excluding hydrogens is 327 g/mol. The zero-order chi connectivity index (χ0) is 17.5. The summed E-state index contributed by atoms with van der Waals surface area (Å²) in [6, 6.07) is 9.20. The number of halogens is 1. The van der Waals surface area contributed by atoms with Crippen LogP contribution in [0.5, 0.6) is 0 Å². The highest BCUT2D eigenvalue weighted by Gasteiger charge is 2.21. The zero-order valence-corrected chi connectivity index (χ0v) is 15.5. The quantitative estimate of drug-likeness (QED) is 0.749. The topological polar surface area (TPSA) is 39.3 Å². The van der Waals surface area contributed by atoms with Crippen LogP contribution in [0.1, 0.15) is 48.1 Å². The summed E-state index contributed by atoms with van der Waals surface area (Å²) in [5.74, 6) is -0.162. The standard InChI is InChI=1S/C13H19FN2.C6H14N2.2CH4/c1-10-8-16(11(2)7-15-10)9-12-3-5-13(14)6-4-12;1-5-3-8-6(2)4-7-5;;/h3-6,10-11,15H,7-9H2,1-2H3;5-8H,3-4H2,1-2H3;2*1H4/t10-,11+;;;/m1.../s1. The number of hydrogen-bond donors (Lipinski definition) is 3. The van der Waals surface area contributed by atoms with Crippen LogP contribution in [0.25, 0.3) is 0 Å². The van der Waals surface area contributed by atoms with E-state index >= 15 is 0 Å². The monoisotopic (exact) mass is 368 g/mol. The summed E-state index contributed by atoms with van der Waals surface area (Å²) in [6.45, 7) is 14.0. The van der Waals surface area contributed by atoms with Crippen molar-refractivity contribution in [3.63, 3.8) is 0 Å². The summed E-state index contributed by atoms with van der Waals surface area (Å²) in [4.78, 5) is 2.44. The smallest absolute Gasteiger partial charge is 0.123 e. The van der Waals surface area contributed by atoms with E-state index in [1.165, 1.54) is 17.7 Å². The van der Waals surface area contributed by atoms with Crippen LogP contribution in [0.4, 0.5) is 4.39 Å². The maximum atomic E-state index is 12.8. The second-order valence-electron chi connectivity index (χ2n) is 7.33. The molecular formula is C21H41FN4. The van der Waals surface area contributed by atoms with Gasteiger partial charge in [0.05, 0.1) is 0 Å². The Kier molecular flexibility index (Phi) is 11.9. The third-order valence-electron chi connectivity index (χ3n) is 4.74. The second kappa shape index (κ2) is 12.4. The second-order valence-corrected chi connectivity index (χ2v) is 7.33. The fourth-order valence-corrected chi connectivity index (χ4v) is 3.04. The fraction of sp³-hybridized carbons (Fsp3) is 0.714. The maximum Gasteiger partial charge on any atom is 0.123 e. The lowest BCUT2D eigenvalue weighted by molar-refractivity contribution is 0.139. The molecule has 0 amide bonds. The molecule has 26 heavy (non-hydrogen) atoms. The Morgan fingerprint density at radius 1 is 0.846 bits per heavy atom. The van der Waals surface area contributed by atoms with Crippen molar-refractivity contribution >= 4 is 0 Å². The average molecular weight is 369 g/mol. The highest BCUT2D eigenvalue weighted by atomic mass is 19.1. The van der Waals surface area contributed by atoms with E-state index in [1.54, 1.807) is 0 Å². The molecule has 0 radical (unpaired) electrons. The van der Waals surface area contributed by atoms with Crippen molar-refractivity contribution in [3.8, 4) is 0 Å². The highest BCUT2D eigenvalue weighted by Crippen LogP contribution is 2.12. The van der Waals surface area contributed by atoms with Gasteiger partial charge in [-0.1, -0.05) is 27.0 Å². The Morgan fingerprint density at radius 3 is 1.85 bits per heavy atom. The molecule has 5 heteroatoms. The van der Waals surface area contributed by atoms with Gasteiger partial charge in [0.2, 0.25) is 0 Å². The van der Waals surface area contributed by atoms with Gasteiger partial charge in [0.15, 0.2) is 0 Å². The van der Waals surface area contributed by atoms with Gasteiger partial charge in [-0.05, 0) is 45.4 Å². The number of hydrogen-bond acceptors (Lipinski definition) is 4. The van der Waals surface area contributed by atoms with Gasteiger partial charge in [-0.15, -0.1) is 0 Å². The van der Waals surface area contributed by atoms with Crippen LogP contribution in [0, 0.1) is 5.82 Å². The van der Waals surface area contributed by atoms with Gasteiger partial charge in [0, 0.05) is 56.9 Å². The lowest BCUT2D eigenvalue weighted by atomic mass is 10.1. The van der Waals surface area contributed by atoms with E-state index in [2.05, 4.69) is 48.5 Å². The van der Waals surface area contributed by atoms with Crippen molar-refractivity contribution in [2.75, 3.05) is 26.2 Å². The first kappa shape index (κ1) is 25.0. The van der Waals surface area contributed by atoms with Crippen LogP contribution in [-0.2, 0) is 6.54 Å². The molecule has 4 atom stereocenters. The van der Waals surface area contributed by atoms with E-state index in [0.29, 0.717) is 24.2 Å². The number of rotatable bonds is 2. The maximum absolute atomic E-state index is 12.8. The van der Waals surface area contributed by atoms with Crippen LogP contribution in [0.3, 0.4) is 0 Å². The first-order valence-electron chi connectivity index (χ1n) is 9.12. The molecule has 0 saturated carbocycles. The third-order valence-corrected chi connectivity index (χ3v) is 4.74. The molecule has 1 aromatic rings. The number of nitrogens with zero attached hydrogens (tertiary/aromatic N) is 1. The summed E-state index contributed by atoms with van der Waals surface area (Å²) in [5.41, 5.74) is 1.18. The minimum Gasteiger partial charge on any atom is -0.311 e. The lowest BCUT2D eigenvalue weighted by Gasteiger charge is -2.37. The van der Waals surface area contributed by atoms with Gasteiger partial charge >= 0.3 is 0 Å². The van der Waals surface area contributed by atoms with Crippen molar-refractivity contribution in [2.24, 2.45) is 0 Å². The minimum absolute atomic E-state index is 0. The molecule has 2 aliphatic rings. The lowest BCUT2D eigenvalue weighted by Crippen LogP contribution is -2.53. The van der Waals surface area contributed by atoms with E-state index in [9.17, 15) is 4.39 Å². The summed E-state index contributed by atoms with van der Waals surface area (Å²) in [6.07, 6.45) is 0. The van der Waals surface area contributed by atoms with Crippen LogP contribution >= 0.6 is 0 Å². The van der Waals surface area contributed by atoms with Crippen molar-refractivity contribution in [1.82, 2.24) is 20.9 Å². The highest BCUT2D eigenvalue weighted by molar-refractivity contribution is 5.16. The number of piperazine rings is 2. The molecule has 1 aromatic carbocycles. The first-order chi connectivity index (χ1) is 11.4. The molecule has 3 rings (SSSR count). The molecule has 0 bridgehead atoms. The van der Waals surface area contributed by atoms with Crippen molar-refractivity contribution in [3.05, 3.63) is 35.6 Å². The summed E-state index contributed by atoms with van der Waals surface area (Å²) in [7, 11) is 0. The van der Waals surface area contributed by atoms with Crippen molar-refractivity contribution < 1.29 is 4.39 Å².